The maximum absolute atomic E-state index is 12.7. The molecule has 140 valence electrons. The second kappa shape index (κ2) is 8.06. The summed E-state index contributed by atoms with van der Waals surface area (Å²) < 4.78 is 10.5. The Hall–Kier alpha value is -2.44. The molecule has 0 aromatic heterocycles. The minimum Gasteiger partial charge on any atom is -0.493 e. The Balaban J connectivity index is 1.90. The van der Waals surface area contributed by atoms with Gasteiger partial charge in [0.25, 0.3) is 11.1 Å². The highest BCUT2D eigenvalue weighted by molar-refractivity contribution is 8.18. The highest BCUT2D eigenvalue weighted by atomic mass is 35.5. The van der Waals surface area contributed by atoms with Crippen LogP contribution in [0.15, 0.2) is 41.3 Å². The Morgan fingerprint density at radius 1 is 1.11 bits per heavy atom. The molecule has 0 spiro atoms. The van der Waals surface area contributed by atoms with Gasteiger partial charge in [-0.1, -0.05) is 35.9 Å². The van der Waals surface area contributed by atoms with E-state index in [2.05, 4.69) is 0 Å². The average Bonchev–Trinajstić information content (AvgIpc) is 2.92. The third-order valence-corrected chi connectivity index (χ3v) is 5.49. The van der Waals surface area contributed by atoms with E-state index < -0.39 is 0 Å². The minimum atomic E-state index is -0.334. The molecular weight excluding hydrogens is 386 g/mol. The van der Waals surface area contributed by atoms with Crippen molar-refractivity contribution in [1.29, 1.82) is 0 Å². The number of carbonyl (C=O) groups is 2. The van der Waals surface area contributed by atoms with E-state index in [0.717, 1.165) is 22.9 Å². The van der Waals surface area contributed by atoms with Gasteiger partial charge in [-0.05, 0) is 47.5 Å². The molecule has 7 heteroatoms. The third kappa shape index (κ3) is 3.96. The lowest BCUT2D eigenvalue weighted by Crippen LogP contribution is -2.27. The summed E-state index contributed by atoms with van der Waals surface area (Å²) in [4.78, 5) is 26.7. The maximum Gasteiger partial charge on any atom is 0.293 e. The van der Waals surface area contributed by atoms with E-state index in [1.807, 2.05) is 31.2 Å². The number of ether oxygens (including phenoxy) is 2. The van der Waals surface area contributed by atoms with Gasteiger partial charge >= 0.3 is 0 Å². The normalized spacial score (nSPS) is 15.6. The smallest absolute Gasteiger partial charge is 0.293 e. The van der Waals surface area contributed by atoms with E-state index in [-0.39, 0.29) is 17.7 Å². The van der Waals surface area contributed by atoms with Gasteiger partial charge in [0.2, 0.25) is 0 Å². The van der Waals surface area contributed by atoms with Gasteiger partial charge in [-0.25, -0.2) is 0 Å². The van der Waals surface area contributed by atoms with Crippen LogP contribution >= 0.6 is 23.4 Å². The van der Waals surface area contributed by atoms with Crippen molar-refractivity contribution >= 4 is 40.6 Å². The van der Waals surface area contributed by atoms with E-state index in [0.29, 0.717) is 27.0 Å². The van der Waals surface area contributed by atoms with Gasteiger partial charge in [-0.2, -0.15) is 0 Å². The van der Waals surface area contributed by atoms with Gasteiger partial charge in [0, 0.05) is 6.07 Å². The van der Waals surface area contributed by atoms with Gasteiger partial charge < -0.3 is 9.47 Å². The van der Waals surface area contributed by atoms with Crippen LogP contribution in [0.5, 0.6) is 11.5 Å². The number of carbonyl (C=O) groups excluding carboxylic acids is 2. The van der Waals surface area contributed by atoms with Crippen LogP contribution in [0.4, 0.5) is 4.79 Å². The van der Waals surface area contributed by atoms with E-state index >= 15 is 0 Å². The fourth-order valence-electron chi connectivity index (χ4n) is 2.72. The Morgan fingerprint density at radius 2 is 1.78 bits per heavy atom. The molecule has 0 saturated carbocycles. The Labute approximate surface area is 166 Å². The zero-order valence-electron chi connectivity index (χ0n) is 15.1. The molecule has 1 saturated heterocycles. The summed E-state index contributed by atoms with van der Waals surface area (Å²) in [5.74, 6) is 0.652. The molecule has 3 rings (SSSR count). The molecule has 0 aliphatic carbocycles. The number of benzene rings is 2. The number of nitrogens with zero attached hydrogens (tertiary/aromatic N) is 1. The average molecular weight is 404 g/mol. The zero-order valence-corrected chi connectivity index (χ0v) is 16.7. The monoisotopic (exact) mass is 403 g/mol. The molecule has 1 aliphatic rings. The van der Waals surface area contributed by atoms with Crippen molar-refractivity contribution in [3.63, 3.8) is 0 Å². The number of hydrogen-bond donors (Lipinski definition) is 0. The summed E-state index contributed by atoms with van der Waals surface area (Å²) in [6.07, 6.45) is 1.60. The summed E-state index contributed by atoms with van der Waals surface area (Å²) >= 11 is 7.19. The predicted octanol–water partition coefficient (Wildman–Crippen LogP) is 4.90. The molecule has 1 fully saturated rings. The molecule has 1 aliphatic heterocycles. The van der Waals surface area contributed by atoms with Gasteiger partial charge in [-0.3, -0.25) is 14.5 Å². The Morgan fingerprint density at radius 3 is 2.44 bits per heavy atom. The van der Waals surface area contributed by atoms with Gasteiger partial charge in [0.15, 0.2) is 11.5 Å². The number of rotatable bonds is 5. The minimum absolute atomic E-state index is 0.244. The van der Waals surface area contributed by atoms with Crippen molar-refractivity contribution in [2.24, 2.45) is 0 Å². The van der Waals surface area contributed by atoms with Crippen LogP contribution in [0.3, 0.4) is 0 Å². The van der Waals surface area contributed by atoms with Crippen LogP contribution in [0.1, 0.15) is 16.7 Å². The van der Waals surface area contributed by atoms with Crippen molar-refractivity contribution in [3.8, 4) is 11.5 Å². The molecule has 0 atom stereocenters. The number of imide groups is 1. The molecule has 0 N–H and O–H groups in total. The van der Waals surface area contributed by atoms with Crippen LogP contribution in [-0.2, 0) is 11.3 Å². The van der Waals surface area contributed by atoms with Crippen LogP contribution in [0.25, 0.3) is 6.08 Å². The number of halogens is 1. The van der Waals surface area contributed by atoms with Crippen molar-refractivity contribution < 1.29 is 19.1 Å². The number of amides is 2. The highest BCUT2D eigenvalue weighted by Crippen LogP contribution is 2.38. The van der Waals surface area contributed by atoms with Crippen LogP contribution < -0.4 is 9.47 Å². The first-order valence-corrected chi connectivity index (χ1v) is 9.35. The molecule has 1 heterocycles. The van der Waals surface area contributed by atoms with Gasteiger partial charge in [-0.15, -0.1) is 0 Å². The van der Waals surface area contributed by atoms with E-state index in [1.54, 1.807) is 18.2 Å². The first kappa shape index (κ1) is 19.3. The summed E-state index contributed by atoms with van der Waals surface area (Å²) in [7, 11) is 3.04. The topological polar surface area (TPSA) is 55.8 Å². The quantitative estimate of drug-likeness (QED) is 0.664. The Kier molecular flexibility index (Phi) is 5.77. The van der Waals surface area contributed by atoms with E-state index in [9.17, 15) is 9.59 Å². The lowest BCUT2D eigenvalue weighted by atomic mass is 10.1. The van der Waals surface area contributed by atoms with Gasteiger partial charge in [0.05, 0.1) is 30.7 Å². The predicted molar refractivity (Wildman–Crippen MR) is 107 cm³/mol. The van der Waals surface area contributed by atoms with Crippen molar-refractivity contribution in [2.75, 3.05) is 14.2 Å². The molecule has 2 amide bonds. The second-order valence-electron chi connectivity index (χ2n) is 5.92. The second-order valence-corrected chi connectivity index (χ2v) is 7.32. The summed E-state index contributed by atoms with van der Waals surface area (Å²) in [6.45, 7) is 2.20. The number of thioether (sulfide) groups is 1. The van der Waals surface area contributed by atoms with Crippen molar-refractivity contribution in [2.45, 2.75) is 13.5 Å². The standard InChI is InChI=1S/C20H18ClNO4S/c1-12-6-4-5-7-13(12)11-22-19(23)18(27-20(22)24)9-14-8-16(25-2)17(26-3)10-15(14)21/h4-10H,11H2,1-3H3/b18-9-. The third-order valence-electron chi connectivity index (χ3n) is 4.25. The SMILES string of the molecule is COc1cc(Cl)c(/C=C2\SC(=O)N(Cc3ccccc3C)C2=O)cc1OC. The summed E-state index contributed by atoms with van der Waals surface area (Å²) in [5, 5.41) is 0.101. The largest absolute Gasteiger partial charge is 0.493 e. The van der Waals surface area contributed by atoms with Crippen LogP contribution in [-0.4, -0.2) is 30.3 Å². The van der Waals surface area contributed by atoms with Crippen molar-refractivity contribution in [1.82, 2.24) is 4.90 Å². The summed E-state index contributed by atoms with van der Waals surface area (Å²) in [6, 6.07) is 11.0. The lowest BCUT2D eigenvalue weighted by molar-refractivity contribution is -0.123. The highest BCUT2D eigenvalue weighted by Gasteiger charge is 2.35. The van der Waals surface area contributed by atoms with Gasteiger partial charge in [0.1, 0.15) is 0 Å². The first-order valence-electron chi connectivity index (χ1n) is 8.16. The van der Waals surface area contributed by atoms with Crippen LogP contribution in [0, 0.1) is 6.92 Å². The zero-order chi connectivity index (χ0) is 19.6. The lowest BCUT2D eigenvalue weighted by Gasteiger charge is -2.14. The molecule has 0 unspecified atom stereocenters. The van der Waals surface area contributed by atoms with Crippen molar-refractivity contribution in [3.05, 3.63) is 63.0 Å². The molecule has 5 nitrogen and oxygen atoms in total. The molecule has 2 aromatic rings. The molecular formula is C20H18ClNO4S. The number of hydrogen-bond acceptors (Lipinski definition) is 5. The van der Waals surface area contributed by atoms with E-state index in [4.69, 9.17) is 21.1 Å². The Bertz CT molecular complexity index is 942. The fourth-order valence-corrected chi connectivity index (χ4v) is 3.75. The molecule has 0 radical (unpaired) electrons. The first-order chi connectivity index (χ1) is 12.9. The maximum atomic E-state index is 12.7. The molecule has 27 heavy (non-hydrogen) atoms. The van der Waals surface area contributed by atoms with E-state index in [1.165, 1.54) is 19.1 Å². The van der Waals surface area contributed by atoms with Crippen LogP contribution in [0.2, 0.25) is 5.02 Å². The summed E-state index contributed by atoms with van der Waals surface area (Å²) in [5.41, 5.74) is 2.55. The number of aryl methyl sites for hydroxylation is 1. The molecule has 0 bridgehead atoms. The molecule has 2 aromatic carbocycles. The number of methoxy groups -OCH3 is 2. The fraction of sp³-hybridized carbons (Fsp3) is 0.200.